The quantitative estimate of drug-likeness (QED) is 0.815. The Morgan fingerprint density at radius 1 is 1.29 bits per heavy atom. The van der Waals surface area contributed by atoms with Gasteiger partial charge in [0.1, 0.15) is 10.6 Å². The SMILES string of the molecule is COc1ccc(C(=O)NCCC(C)C)cc1S(=O)(=O)N1CCCC1. The molecular weight excluding hydrogens is 328 g/mol. The zero-order valence-corrected chi connectivity index (χ0v) is 15.4. The van der Waals surface area contributed by atoms with Crippen molar-refractivity contribution in [3.63, 3.8) is 0 Å². The maximum Gasteiger partial charge on any atom is 0.251 e. The molecule has 134 valence electrons. The summed E-state index contributed by atoms with van der Waals surface area (Å²) in [7, 11) is -2.21. The minimum atomic E-state index is -3.64. The molecule has 1 fully saturated rings. The van der Waals surface area contributed by atoms with E-state index < -0.39 is 10.0 Å². The van der Waals surface area contributed by atoms with Crippen LogP contribution in [0, 0.1) is 5.92 Å². The topological polar surface area (TPSA) is 75.7 Å². The van der Waals surface area contributed by atoms with Crippen LogP contribution in [-0.4, -0.2) is 45.4 Å². The first-order valence-electron chi connectivity index (χ1n) is 8.32. The molecule has 1 aliphatic rings. The van der Waals surface area contributed by atoms with E-state index in [-0.39, 0.29) is 16.6 Å². The molecule has 0 aromatic heterocycles. The van der Waals surface area contributed by atoms with Crippen LogP contribution in [0.4, 0.5) is 0 Å². The number of nitrogens with zero attached hydrogens (tertiary/aromatic N) is 1. The molecule has 0 radical (unpaired) electrons. The highest BCUT2D eigenvalue weighted by Crippen LogP contribution is 2.29. The van der Waals surface area contributed by atoms with Crippen molar-refractivity contribution in [2.24, 2.45) is 5.92 Å². The van der Waals surface area contributed by atoms with E-state index in [2.05, 4.69) is 19.2 Å². The molecule has 0 aliphatic carbocycles. The van der Waals surface area contributed by atoms with Crippen LogP contribution in [0.5, 0.6) is 5.75 Å². The van der Waals surface area contributed by atoms with Crippen molar-refractivity contribution in [1.29, 1.82) is 0 Å². The zero-order valence-electron chi connectivity index (χ0n) is 14.5. The van der Waals surface area contributed by atoms with E-state index in [9.17, 15) is 13.2 Å². The number of carbonyl (C=O) groups excluding carboxylic acids is 1. The Bertz CT molecular complexity index is 680. The molecule has 1 amide bonds. The third-order valence-electron chi connectivity index (χ3n) is 4.12. The van der Waals surface area contributed by atoms with E-state index in [1.807, 2.05) is 0 Å². The van der Waals surface area contributed by atoms with Gasteiger partial charge in [-0.05, 0) is 43.4 Å². The zero-order chi connectivity index (χ0) is 17.7. The summed E-state index contributed by atoms with van der Waals surface area (Å²) in [4.78, 5) is 12.3. The first-order valence-corrected chi connectivity index (χ1v) is 9.76. The molecule has 0 atom stereocenters. The molecule has 0 unspecified atom stereocenters. The molecule has 0 saturated carbocycles. The number of carbonyl (C=O) groups is 1. The standard InChI is InChI=1S/C17H26N2O4S/c1-13(2)8-9-18-17(20)14-6-7-15(23-3)16(12-14)24(21,22)19-10-4-5-11-19/h6-7,12-13H,4-5,8-11H2,1-3H3,(H,18,20). The van der Waals surface area contributed by atoms with Gasteiger partial charge in [-0.2, -0.15) is 4.31 Å². The first-order chi connectivity index (χ1) is 11.4. The molecule has 24 heavy (non-hydrogen) atoms. The normalized spacial score (nSPS) is 15.7. The maximum absolute atomic E-state index is 12.8. The summed E-state index contributed by atoms with van der Waals surface area (Å²) in [6, 6.07) is 4.55. The molecule has 6 nitrogen and oxygen atoms in total. The number of nitrogens with one attached hydrogen (secondary N) is 1. The van der Waals surface area contributed by atoms with Gasteiger partial charge in [0, 0.05) is 25.2 Å². The van der Waals surface area contributed by atoms with Crippen molar-refractivity contribution in [2.75, 3.05) is 26.7 Å². The molecule has 0 spiro atoms. The van der Waals surface area contributed by atoms with E-state index >= 15 is 0 Å². The molecule has 1 heterocycles. The fourth-order valence-corrected chi connectivity index (χ4v) is 4.36. The van der Waals surface area contributed by atoms with Gasteiger partial charge in [-0.1, -0.05) is 13.8 Å². The van der Waals surface area contributed by atoms with E-state index in [0.29, 0.717) is 31.1 Å². The third-order valence-corrected chi connectivity index (χ3v) is 6.04. The van der Waals surface area contributed by atoms with Crippen molar-refractivity contribution in [1.82, 2.24) is 9.62 Å². The maximum atomic E-state index is 12.8. The monoisotopic (exact) mass is 354 g/mol. The largest absolute Gasteiger partial charge is 0.495 e. The Labute approximate surface area is 144 Å². The van der Waals surface area contributed by atoms with Gasteiger partial charge in [0.15, 0.2) is 0 Å². The van der Waals surface area contributed by atoms with Crippen molar-refractivity contribution in [3.8, 4) is 5.75 Å². The highest BCUT2D eigenvalue weighted by Gasteiger charge is 2.30. The van der Waals surface area contributed by atoms with Crippen LogP contribution in [0.1, 0.15) is 43.5 Å². The van der Waals surface area contributed by atoms with E-state index in [1.54, 1.807) is 12.1 Å². The summed E-state index contributed by atoms with van der Waals surface area (Å²) in [5, 5.41) is 2.83. The molecular formula is C17H26N2O4S. The Balaban J connectivity index is 2.25. The molecule has 1 saturated heterocycles. The smallest absolute Gasteiger partial charge is 0.251 e. The van der Waals surface area contributed by atoms with Crippen LogP contribution >= 0.6 is 0 Å². The van der Waals surface area contributed by atoms with Crippen LogP contribution < -0.4 is 10.1 Å². The van der Waals surface area contributed by atoms with E-state index in [1.165, 1.54) is 17.5 Å². The summed E-state index contributed by atoms with van der Waals surface area (Å²) in [6.07, 6.45) is 2.59. The van der Waals surface area contributed by atoms with Gasteiger partial charge >= 0.3 is 0 Å². The van der Waals surface area contributed by atoms with Gasteiger partial charge in [0.2, 0.25) is 10.0 Å². The molecule has 7 heteroatoms. The Morgan fingerprint density at radius 2 is 1.96 bits per heavy atom. The fourth-order valence-electron chi connectivity index (χ4n) is 2.66. The molecule has 1 aromatic rings. The van der Waals surface area contributed by atoms with Gasteiger partial charge in [-0.3, -0.25) is 4.79 Å². The second kappa shape index (κ2) is 7.98. The van der Waals surface area contributed by atoms with Gasteiger partial charge in [0.25, 0.3) is 5.91 Å². The summed E-state index contributed by atoms with van der Waals surface area (Å²) < 4.78 is 32.3. The lowest BCUT2D eigenvalue weighted by molar-refractivity contribution is 0.0951. The number of sulfonamides is 1. The number of amides is 1. The molecule has 2 rings (SSSR count). The average Bonchev–Trinajstić information content (AvgIpc) is 3.09. The predicted octanol–water partition coefficient (Wildman–Crippen LogP) is 2.26. The minimum Gasteiger partial charge on any atom is -0.495 e. The summed E-state index contributed by atoms with van der Waals surface area (Å²) in [5.74, 6) is 0.490. The summed E-state index contributed by atoms with van der Waals surface area (Å²) >= 11 is 0. The van der Waals surface area contributed by atoms with Crippen LogP contribution in [0.15, 0.2) is 23.1 Å². The molecule has 0 bridgehead atoms. The Kier molecular flexibility index (Phi) is 6.23. The lowest BCUT2D eigenvalue weighted by Crippen LogP contribution is -2.29. The average molecular weight is 354 g/mol. The predicted molar refractivity (Wildman–Crippen MR) is 92.8 cm³/mol. The molecule has 1 N–H and O–H groups in total. The fraction of sp³-hybridized carbons (Fsp3) is 0.588. The second-order valence-corrected chi connectivity index (χ2v) is 8.32. The second-order valence-electron chi connectivity index (χ2n) is 6.42. The summed E-state index contributed by atoms with van der Waals surface area (Å²) in [6.45, 7) is 5.75. The Morgan fingerprint density at radius 3 is 2.54 bits per heavy atom. The van der Waals surface area contributed by atoms with E-state index in [4.69, 9.17) is 4.74 Å². The lowest BCUT2D eigenvalue weighted by atomic mass is 10.1. The highest BCUT2D eigenvalue weighted by atomic mass is 32.2. The first kappa shape index (κ1) is 18.7. The van der Waals surface area contributed by atoms with Crippen LogP contribution in [0.25, 0.3) is 0 Å². The van der Waals surface area contributed by atoms with Crippen molar-refractivity contribution in [2.45, 2.75) is 38.0 Å². The van der Waals surface area contributed by atoms with Crippen LogP contribution in [0.2, 0.25) is 0 Å². The van der Waals surface area contributed by atoms with Crippen LogP contribution in [-0.2, 0) is 10.0 Å². The number of ether oxygens (including phenoxy) is 1. The van der Waals surface area contributed by atoms with Gasteiger partial charge in [0.05, 0.1) is 7.11 Å². The third kappa shape index (κ3) is 4.27. The number of hydrogen-bond acceptors (Lipinski definition) is 4. The molecule has 1 aliphatic heterocycles. The number of hydrogen-bond donors (Lipinski definition) is 1. The van der Waals surface area contributed by atoms with Crippen LogP contribution in [0.3, 0.4) is 0 Å². The van der Waals surface area contributed by atoms with Gasteiger partial charge < -0.3 is 10.1 Å². The van der Waals surface area contributed by atoms with Crippen molar-refractivity contribution < 1.29 is 17.9 Å². The highest BCUT2D eigenvalue weighted by molar-refractivity contribution is 7.89. The number of methoxy groups -OCH3 is 1. The van der Waals surface area contributed by atoms with Crippen molar-refractivity contribution >= 4 is 15.9 Å². The lowest BCUT2D eigenvalue weighted by Gasteiger charge is -2.18. The van der Waals surface area contributed by atoms with Gasteiger partial charge in [-0.15, -0.1) is 0 Å². The summed E-state index contributed by atoms with van der Waals surface area (Å²) in [5.41, 5.74) is 0.331. The minimum absolute atomic E-state index is 0.0587. The van der Waals surface area contributed by atoms with E-state index in [0.717, 1.165) is 19.3 Å². The van der Waals surface area contributed by atoms with Crippen molar-refractivity contribution in [3.05, 3.63) is 23.8 Å². The van der Waals surface area contributed by atoms with Gasteiger partial charge in [-0.25, -0.2) is 8.42 Å². The number of benzene rings is 1. The number of rotatable bonds is 7. The molecule has 1 aromatic carbocycles. The Hall–Kier alpha value is -1.60.